The summed E-state index contributed by atoms with van der Waals surface area (Å²) in [4.78, 5) is 8.57. The SMILES string of the molecule is CCc1csc2c(NCc3ccco3)nc(Cl)nc12. The maximum atomic E-state index is 5.99. The Bertz CT molecular complexity index is 693. The van der Waals surface area contributed by atoms with Crippen molar-refractivity contribution in [3.8, 4) is 0 Å². The quantitative estimate of drug-likeness (QED) is 0.735. The van der Waals surface area contributed by atoms with Gasteiger partial charge in [-0.1, -0.05) is 6.92 Å². The first-order valence-electron chi connectivity index (χ1n) is 5.97. The smallest absolute Gasteiger partial charge is 0.224 e. The van der Waals surface area contributed by atoms with E-state index in [4.69, 9.17) is 16.0 Å². The molecule has 0 spiro atoms. The molecule has 0 atom stereocenters. The molecule has 3 rings (SSSR count). The Balaban J connectivity index is 1.96. The largest absolute Gasteiger partial charge is 0.467 e. The van der Waals surface area contributed by atoms with Gasteiger partial charge in [-0.15, -0.1) is 11.3 Å². The van der Waals surface area contributed by atoms with Gasteiger partial charge in [0.15, 0.2) is 0 Å². The molecule has 0 bridgehead atoms. The van der Waals surface area contributed by atoms with E-state index in [1.165, 1.54) is 5.56 Å². The van der Waals surface area contributed by atoms with Crippen molar-refractivity contribution >= 4 is 39.0 Å². The average Bonchev–Trinajstić information content (AvgIpc) is 3.04. The molecule has 6 heteroatoms. The normalized spacial score (nSPS) is 11.1. The molecule has 0 fully saturated rings. The molecule has 4 nitrogen and oxygen atoms in total. The van der Waals surface area contributed by atoms with E-state index in [1.807, 2.05) is 12.1 Å². The molecule has 0 saturated carbocycles. The fourth-order valence-electron chi connectivity index (χ4n) is 1.89. The molecule has 0 unspecified atom stereocenters. The summed E-state index contributed by atoms with van der Waals surface area (Å²) in [6.45, 7) is 2.68. The fourth-order valence-corrected chi connectivity index (χ4v) is 3.12. The van der Waals surface area contributed by atoms with Crippen molar-refractivity contribution in [3.63, 3.8) is 0 Å². The molecular weight excluding hydrogens is 282 g/mol. The van der Waals surface area contributed by atoms with E-state index in [0.29, 0.717) is 6.54 Å². The minimum absolute atomic E-state index is 0.266. The number of thiophene rings is 1. The zero-order chi connectivity index (χ0) is 13.2. The number of nitrogens with one attached hydrogen (secondary N) is 1. The molecular formula is C13H12ClN3OS. The number of hydrogen-bond donors (Lipinski definition) is 1. The van der Waals surface area contributed by atoms with Crippen LogP contribution in [-0.2, 0) is 13.0 Å². The van der Waals surface area contributed by atoms with E-state index in [-0.39, 0.29) is 5.28 Å². The van der Waals surface area contributed by atoms with Crippen molar-refractivity contribution in [2.75, 3.05) is 5.32 Å². The first kappa shape index (κ1) is 12.4. The lowest BCUT2D eigenvalue weighted by Crippen LogP contribution is -2.01. The summed E-state index contributed by atoms with van der Waals surface area (Å²) >= 11 is 7.62. The zero-order valence-electron chi connectivity index (χ0n) is 10.3. The second-order valence-electron chi connectivity index (χ2n) is 4.07. The number of fused-ring (bicyclic) bond motifs is 1. The Morgan fingerprint density at radius 1 is 1.42 bits per heavy atom. The van der Waals surface area contributed by atoms with Crippen LogP contribution in [0.3, 0.4) is 0 Å². The number of halogens is 1. The summed E-state index contributed by atoms with van der Waals surface area (Å²) in [7, 11) is 0. The Labute approximate surface area is 119 Å². The third-order valence-electron chi connectivity index (χ3n) is 2.85. The van der Waals surface area contributed by atoms with E-state index in [9.17, 15) is 0 Å². The number of nitrogens with zero attached hydrogens (tertiary/aromatic N) is 2. The van der Waals surface area contributed by atoms with E-state index >= 15 is 0 Å². The van der Waals surface area contributed by atoms with Gasteiger partial charge in [0, 0.05) is 0 Å². The van der Waals surface area contributed by atoms with Crippen LogP contribution in [0, 0.1) is 0 Å². The van der Waals surface area contributed by atoms with Crippen molar-refractivity contribution in [2.24, 2.45) is 0 Å². The molecule has 1 N–H and O–H groups in total. The maximum absolute atomic E-state index is 5.99. The third kappa shape index (κ3) is 2.43. The first-order valence-corrected chi connectivity index (χ1v) is 7.23. The maximum Gasteiger partial charge on any atom is 0.224 e. The summed E-state index contributed by atoms with van der Waals surface area (Å²) in [5.74, 6) is 1.62. The number of furan rings is 1. The molecule has 19 heavy (non-hydrogen) atoms. The summed E-state index contributed by atoms with van der Waals surface area (Å²) in [6.07, 6.45) is 2.59. The van der Waals surface area contributed by atoms with Crippen LogP contribution in [0.15, 0.2) is 28.2 Å². The summed E-state index contributed by atoms with van der Waals surface area (Å²) in [6, 6.07) is 3.78. The molecule has 0 saturated heterocycles. The summed E-state index contributed by atoms with van der Waals surface area (Å²) < 4.78 is 6.32. The summed E-state index contributed by atoms with van der Waals surface area (Å²) in [5.41, 5.74) is 2.14. The van der Waals surface area contributed by atoms with Crippen LogP contribution in [-0.4, -0.2) is 9.97 Å². The van der Waals surface area contributed by atoms with Crippen LogP contribution >= 0.6 is 22.9 Å². The van der Waals surface area contributed by atoms with E-state index in [0.717, 1.165) is 28.2 Å². The van der Waals surface area contributed by atoms with Gasteiger partial charge in [0.05, 0.1) is 23.0 Å². The standard InChI is InChI=1S/C13H12ClN3OS/c1-2-8-7-19-11-10(8)16-13(14)17-12(11)15-6-9-4-3-5-18-9/h3-5,7H,2,6H2,1H3,(H,15,16,17). The lowest BCUT2D eigenvalue weighted by atomic mass is 10.2. The molecule has 0 aromatic carbocycles. The predicted octanol–water partition coefficient (Wildman–Crippen LogP) is 4.11. The summed E-state index contributed by atoms with van der Waals surface area (Å²) in [5, 5.41) is 5.62. The van der Waals surface area contributed by atoms with Gasteiger partial charge in [0.25, 0.3) is 0 Å². The van der Waals surface area contributed by atoms with Gasteiger partial charge in [-0.05, 0) is 41.1 Å². The van der Waals surface area contributed by atoms with Crippen LogP contribution in [0.4, 0.5) is 5.82 Å². The molecule has 3 aromatic rings. The highest BCUT2D eigenvalue weighted by molar-refractivity contribution is 7.18. The van der Waals surface area contributed by atoms with E-state index in [1.54, 1.807) is 17.6 Å². The van der Waals surface area contributed by atoms with Gasteiger partial charge in [-0.25, -0.2) is 4.98 Å². The second-order valence-corrected chi connectivity index (χ2v) is 5.28. The van der Waals surface area contributed by atoms with Crippen molar-refractivity contribution in [3.05, 3.63) is 40.4 Å². The minimum Gasteiger partial charge on any atom is -0.467 e. The number of aryl methyl sites for hydroxylation is 1. The van der Waals surface area contributed by atoms with Crippen LogP contribution in [0.2, 0.25) is 5.28 Å². The lowest BCUT2D eigenvalue weighted by Gasteiger charge is -2.05. The molecule has 0 aliphatic carbocycles. The molecule has 0 radical (unpaired) electrons. The minimum atomic E-state index is 0.266. The highest BCUT2D eigenvalue weighted by Crippen LogP contribution is 2.31. The molecule has 3 aromatic heterocycles. The fraction of sp³-hybridized carbons (Fsp3) is 0.231. The lowest BCUT2D eigenvalue weighted by molar-refractivity contribution is 0.518. The molecule has 3 heterocycles. The van der Waals surface area contributed by atoms with Crippen LogP contribution < -0.4 is 5.32 Å². The zero-order valence-corrected chi connectivity index (χ0v) is 11.9. The molecule has 0 amide bonds. The number of rotatable bonds is 4. The van der Waals surface area contributed by atoms with Gasteiger partial charge in [0.1, 0.15) is 11.6 Å². The van der Waals surface area contributed by atoms with Crippen LogP contribution in [0.5, 0.6) is 0 Å². The third-order valence-corrected chi connectivity index (χ3v) is 4.05. The van der Waals surface area contributed by atoms with Gasteiger partial charge >= 0.3 is 0 Å². The Kier molecular flexibility index (Phi) is 3.40. The number of hydrogen-bond acceptors (Lipinski definition) is 5. The van der Waals surface area contributed by atoms with Crippen LogP contribution in [0.25, 0.3) is 10.2 Å². The van der Waals surface area contributed by atoms with Gasteiger partial charge in [0.2, 0.25) is 5.28 Å². The Hall–Kier alpha value is -1.59. The highest BCUT2D eigenvalue weighted by atomic mass is 35.5. The average molecular weight is 294 g/mol. The monoisotopic (exact) mass is 293 g/mol. The molecule has 98 valence electrons. The highest BCUT2D eigenvalue weighted by Gasteiger charge is 2.12. The van der Waals surface area contributed by atoms with E-state index in [2.05, 4.69) is 27.6 Å². The van der Waals surface area contributed by atoms with Gasteiger partial charge < -0.3 is 9.73 Å². The topological polar surface area (TPSA) is 51.0 Å². The van der Waals surface area contributed by atoms with Gasteiger partial charge in [-0.2, -0.15) is 4.98 Å². The van der Waals surface area contributed by atoms with Crippen molar-refractivity contribution in [1.29, 1.82) is 0 Å². The second kappa shape index (κ2) is 5.19. The van der Waals surface area contributed by atoms with Crippen molar-refractivity contribution < 1.29 is 4.42 Å². The first-order chi connectivity index (χ1) is 9.28. The molecule has 0 aliphatic heterocycles. The van der Waals surface area contributed by atoms with Crippen LogP contribution in [0.1, 0.15) is 18.2 Å². The van der Waals surface area contributed by atoms with Crippen molar-refractivity contribution in [2.45, 2.75) is 19.9 Å². The Morgan fingerprint density at radius 2 is 2.32 bits per heavy atom. The predicted molar refractivity (Wildman–Crippen MR) is 77.8 cm³/mol. The number of aromatic nitrogens is 2. The van der Waals surface area contributed by atoms with Crippen molar-refractivity contribution in [1.82, 2.24) is 9.97 Å². The van der Waals surface area contributed by atoms with Gasteiger partial charge in [-0.3, -0.25) is 0 Å². The number of anilines is 1. The van der Waals surface area contributed by atoms with E-state index < -0.39 is 0 Å². The Morgan fingerprint density at radius 3 is 3.05 bits per heavy atom. The molecule has 0 aliphatic rings.